The Balaban J connectivity index is 1.89. The number of hydrogen-bond acceptors (Lipinski definition) is 5. The van der Waals surface area contributed by atoms with E-state index in [-0.39, 0.29) is 17.6 Å². The van der Waals surface area contributed by atoms with Crippen LogP contribution in [-0.4, -0.2) is 17.8 Å². The summed E-state index contributed by atoms with van der Waals surface area (Å²) in [5.74, 6) is 0.0476. The standard InChI is InChI=1S/C20H13BrI3NO4/c1-2-3-17(26)28-18-14(23)6-10(7-15(18)24)8-16-20(27)29-19(25-16)11-4-5-13(22)12(21)9-11/h4-9H,2-3H2,1H3/b16-8-. The molecule has 0 saturated heterocycles. The van der Waals surface area contributed by atoms with Crippen molar-refractivity contribution in [2.24, 2.45) is 4.99 Å². The van der Waals surface area contributed by atoms with Crippen LogP contribution >= 0.6 is 83.7 Å². The molecule has 2 aromatic carbocycles. The Labute approximate surface area is 217 Å². The van der Waals surface area contributed by atoms with Gasteiger partial charge in [-0.25, -0.2) is 9.79 Å². The quantitative estimate of drug-likeness (QED) is 0.154. The van der Waals surface area contributed by atoms with Gasteiger partial charge in [0.2, 0.25) is 5.90 Å². The van der Waals surface area contributed by atoms with Crippen LogP contribution in [0.25, 0.3) is 6.08 Å². The number of halogens is 4. The molecular formula is C20H13BrI3NO4. The average molecular weight is 792 g/mol. The molecule has 0 amide bonds. The molecule has 0 radical (unpaired) electrons. The fourth-order valence-electron chi connectivity index (χ4n) is 2.45. The Morgan fingerprint density at radius 3 is 2.48 bits per heavy atom. The zero-order valence-corrected chi connectivity index (χ0v) is 23.0. The maximum atomic E-state index is 12.3. The van der Waals surface area contributed by atoms with Gasteiger partial charge in [0, 0.05) is 20.0 Å². The highest BCUT2D eigenvalue weighted by Gasteiger charge is 2.25. The normalized spacial score (nSPS) is 14.7. The lowest BCUT2D eigenvalue weighted by Crippen LogP contribution is -2.09. The second-order valence-electron chi connectivity index (χ2n) is 6.00. The van der Waals surface area contributed by atoms with E-state index in [4.69, 9.17) is 9.47 Å². The van der Waals surface area contributed by atoms with Crippen LogP contribution in [0.2, 0.25) is 0 Å². The third-order valence-corrected chi connectivity index (χ3v) is 7.72. The van der Waals surface area contributed by atoms with Gasteiger partial charge in [-0.05, 0) is 132 Å². The summed E-state index contributed by atoms with van der Waals surface area (Å²) in [7, 11) is 0. The Kier molecular flexibility index (Phi) is 8.12. The van der Waals surface area contributed by atoms with Crippen molar-refractivity contribution < 1.29 is 19.1 Å². The minimum atomic E-state index is -0.502. The summed E-state index contributed by atoms with van der Waals surface area (Å²) < 4.78 is 14.3. The van der Waals surface area contributed by atoms with Crippen LogP contribution in [0.15, 0.2) is 45.5 Å². The van der Waals surface area contributed by atoms with Crippen LogP contribution in [0.5, 0.6) is 5.75 Å². The minimum absolute atomic E-state index is 0.219. The zero-order valence-electron chi connectivity index (χ0n) is 15.0. The van der Waals surface area contributed by atoms with Crippen LogP contribution in [-0.2, 0) is 14.3 Å². The molecule has 0 saturated carbocycles. The van der Waals surface area contributed by atoms with Crippen molar-refractivity contribution in [1.29, 1.82) is 0 Å². The molecule has 0 aliphatic carbocycles. The predicted molar refractivity (Wildman–Crippen MR) is 140 cm³/mol. The van der Waals surface area contributed by atoms with Gasteiger partial charge in [-0.1, -0.05) is 6.92 Å². The van der Waals surface area contributed by atoms with Crippen molar-refractivity contribution in [2.45, 2.75) is 19.8 Å². The molecule has 0 spiro atoms. The molecule has 9 heteroatoms. The number of hydrogen-bond donors (Lipinski definition) is 0. The molecular weight excluding hydrogens is 779 g/mol. The summed E-state index contributed by atoms with van der Waals surface area (Å²) in [5.41, 5.74) is 1.71. The first-order chi connectivity index (χ1) is 13.8. The summed E-state index contributed by atoms with van der Waals surface area (Å²) in [5, 5.41) is 0. The van der Waals surface area contributed by atoms with Gasteiger partial charge in [0.1, 0.15) is 0 Å². The van der Waals surface area contributed by atoms with Gasteiger partial charge < -0.3 is 9.47 Å². The van der Waals surface area contributed by atoms with Gasteiger partial charge >= 0.3 is 11.9 Å². The van der Waals surface area contributed by atoms with Crippen LogP contribution in [0.4, 0.5) is 0 Å². The van der Waals surface area contributed by atoms with Crippen LogP contribution in [0.1, 0.15) is 30.9 Å². The van der Waals surface area contributed by atoms with Gasteiger partial charge in [0.05, 0.1) is 7.14 Å². The van der Waals surface area contributed by atoms with Crippen LogP contribution in [0.3, 0.4) is 0 Å². The highest BCUT2D eigenvalue weighted by atomic mass is 127. The van der Waals surface area contributed by atoms with Crippen molar-refractivity contribution in [3.63, 3.8) is 0 Å². The number of cyclic esters (lactones) is 1. The second-order valence-corrected chi connectivity index (χ2v) is 10.3. The molecule has 1 aliphatic heterocycles. The molecule has 0 bridgehead atoms. The van der Waals surface area contributed by atoms with E-state index in [9.17, 15) is 9.59 Å². The molecule has 0 unspecified atom stereocenters. The SMILES string of the molecule is CCCC(=O)Oc1c(I)cc(/C=C2\N=C(c3ccc(I)c(Br)c3)OC2=O)cc1I. The fourth-order valence-corrected chi connectivity index (χ4v) is 5.20. The first-order valence-corrected chi connectivity index (χ1v) is 12.5. The van der Waals surface area contributed by atoms with Gasteiger partial charge in [-0.3, -0.25) is 4.79 Å². The number of aliphatic imine (C=N–C) groups is 1. The van der Waals surface area contributed by atoms with E-state index in [1.165, 1.54) is 0 Å². The summed E-state index contributed by atoms with van der Waals surface area (Å²) >= 11 is 9.91. The van der Waals surface area contributed by atoms with Gasteiger partial charge in [0.25, 0.3) is 0 Å². The summed E-state index contributed by atoms with van der Waals surface area (Å²) in [6, 6.07) is 9.31. The molecule has 3 rings (SSSR count). The van der Waals surface area contributed by atoms with E-state index < -0.39 is 5.97 Å². The molecule has 5 nitrogen and oxygen atoms in total. The Morgan fingerprint density at radius 1 is 1.17 bits per heavy atom. The lowest BCUT2D eigenvalue weighted by molar-refractivity contribution is -0.134. The summed E-state index contributed by atoms with van der Waals surface area (Å²) in [6.07, 6.45) is 2.77. The molecule has 0 atom stereocenters. The number of benzene rings is 2. The predicted octanol–water partition coefficient (Wildman–Crippen LogP) is 6.31. The molecule has 0 N–H and O–H groups in total. The number of esters is 2. The van der Waals surface area contributed by atoms with E-state index in [2.05, 4.69) is 88.7 Å². The molecule has 29 heavy (non-hydrogen) atoms. The fraction of sp³-hybridized carbons (Fsp3) is 0.150. The van der Waals surface area contributed by atoms with Crippen LogP contribution in [0, 0.1) is 10.7 Å². The smallest absolute Gasteiger partial charge is 0.363 e. The molecule has 1 heterocycles. The molecule has 0 fully saturated rings. The Morgan fingerprint density at radius 2 is 1.86 bits per heavy atom. The Hall–Kier alpha value is -0.540. The highest BCUT2D eigenvalue weighted by molar-refractivity contribution is 14.1. The van der Waals surface area contributed by atoms with Gasteiger partial charge in [-0.15, -0.1) is 0 Å². The molecule has 150 valence electrons. The van der Waals surface area contributed by atoms with Gasteiger partial charge in [0.15, 0.2) is 11.4 Å². The maximum Gasteiger partial charge on any atom is 0.363 e. The number of carbonyl (C=O) groups excluding carboxylic acids is 2. The maximum absolute atomic E-state index is 12.3. The van der Waals surface area contributed by atoms with Crippen molar-refractivity contribution in [3.8, 4) is 5.75 Å². The third kappa shape index (κ3) is 5.79. The number of rotatable bonds is 5. The lowest BCUT2D eigenvalue weighted by Gasteiger charge is -2.09. The number of ether oxygens (including phenoxy) is 2. The monoisotopic (exact) mass is 791 g/mol. The van der Waals surface area contributed by atoms with Crippen molar-refractivity contribution in [1.82, 2.24) is 0 Å². The third-order valence-electron chi connectivity index (χ3n) is 3.78. The van der Waals surface area contributed by atoms with Crippen molar-refractivity contribution >= 4 is 108 Å². The second kappa shape index (κ2) is 10.2. The largest absolute Gasteiger partial charge is 0.424 e. The number of nitrogens with zero attached hydrogens (tertiary/aromatic N) is 1. The minimum Gasteiger partial charge on any atom is -0.424 e. The molecule has 2 aromatic rings. The van der Waals surface area contributed by atoms with Crippen molar-refractivity contribution in [2.75, 3.05) is 0 Å². The zero-order chi connectivity index (χ0) is 21.1. The first-order valence-electron chi connectivity index (χ1n) is 8.46. The van der Waals surface area contributed by atoms with E-state index >= 15 is 0 Å². The van der Waals surface area contributed by atoms with Crippen molar-refractivity contribution in [3.05, 3.63) is 62.3 Å². The summed E-state index contributed by atoms with van der Waals surface area (Å²) in [4.78, 5) is 28.4. The molecule has 1 aliphatic rings. The number of carbonyl (C=O) groups is 2. The Bertz CT molecular complexity index is 1040. The van der Waals surface area contributed by atoms with E-state index in [1.807, 2.05) is 37.3 Å². The average Bonchev–Trinajstić information content (AvgIpc) is 3.01. The van der Waals surface area contributed by atoms with E-state index in [0.29, 0.717) is 12.2 Å². The lowest BCUT2D eigenvalue weighted by atomic mass is 10.2. The highest BCUT2D eigenvalue weighted by Crippen LogP contribution is 2.31. The van der Waals surface area contributed by atoms with E-state index in [0.717, 1.165) is 32.7 Å². The topological polar surface area (TPSA) is 65.0 Å². The van der Waals surface area contributed by atoms with Crippen LogP contribution < -0.4 is 4.74 Å². The van der Waals surface area contributed by atoms with E-state index in [1.54, 1.807) is 6.08 Å². The summed E-state index contributed by atoms with van der Waals surface area (Å²) in [6.45, 7) is 1.93. The van der Waals surface area contributed by atoms with Gasteiger partial charge in [-0.2, -0.15) is 0 Å². The molecule has 0 aromatic heterocycles. The first kappa shape index (κ1) is 23.1.